The van der Waals surface area contributed by atoms with Crippen LogP contribution in [0.2, 0.25) is 0 Å². The molecule has 4 aromatic rings. The Kier molecular flexibility index (Phi) is 4.90. The fourth-order valence-corrected chi connectivity index (χ4v) is 4.35. The van der Waals surface area contributed by atoms with Crippen molar-refractivity contribution in [3.05, 3.63) is 76.7 Å². The lowest BCUT2D eigenvalue weighted by Gasteiger charge is -2.32. The lowest BCUT2D eigenvalue weighted by atomic mass is 9.97. The van der Waals surface area contributed by atoms with Crippen LogP contribution in [0.4, 0.5) is 14.6 Å². The Balaban J connectivity index is 1.65. The zero-order chi connectivity index (χ0) is 21.5. The van der Waals surface area contributed by atoms with Gasteiger partial charge in [-0.1, -0.05) is 48.5 Å². The monoisotopic (exact) mass is 438 g/mol. The predicted octanol–water partition coefficient (Wildman–Crippen LogP) is 5.46. The van der Waals surface area contributed by atoms with E-state index in [1.54, 1.807) is 6.20 Å². The maximum absolute atomic E-state index is 14.0. The normalized spacial score (nSPS) is 18.1. The van der Waals surface area contributed by atoms with Crippen molar-refractivity contribution >= 4 is 18.0 Å². The van der Waals surface area contributed by atoms with Crippen molar-refractivity contribution in [3.8, 4) is 17.1 Å². The molecule has 3 heterocycles. The number of aromatic amines is 1. The lowest BCUT2D eigenvalue weighted by Crippen LogP contribution is -2.31. The van der Waals surface area contributed by atoms with Crippen molar-refractivity contribution in [2.45, 2.75) is 31.9 Å². The van der Waals surface area contributed by atoms with E-state index in [0.717, 1.165) is 16.8 Å². The maximum Gasteiger partial charge on any atom is 0.260 e. The molecule has 0 amide bonds. The Morgan fingerprint density at radius 1 is 1.10 bits per heavy atom. The van der Waals surface area contributed by atoms with Crippen LogP contribution in [0.1, 0.15) is 29.6 Å². The molecule has 31 heavy (non-hydrogen) atoms. The van der Waals surface area contributed by atoms with Crippen LogP contribution in [0.25, 0.3) is 17.1 Å². The van der Waals surface area contributed by atoms with Gasteiger partial charge in [0, 0.05) is 0 Å². The Morgan fingerprint density at radius 3 is 2.58 bits per heavy atom. The highest BCUT2D eigenvalue weighted by Crippen LogP contribution is 2.42. The number of aromatic nitrogens is 5. The van der Waals surface area contributed by atoms with Crippen molar-refractivity contribution in [1.82, 2.24) is 24.5 Å². The third-order valence-electron chi connectivity index (χ3n) is 5.66. The van der Waals surface area contributed by atoms with E-state index in [0.29, 0.717) is 22.0 Å². The van der Waals surface area contributed by atoms with Crippen LogP contribution in [0, 0.1) is 11.7 Å². The van der Waals surface area contributed by atoms with Crippen molar-refractivity contribution in [1.29, 1.82) is 0 Å². The van der Waals surface area contributed by atoms with Crippen LogP contribution in [-0.2, 0) is 0 Å². The summed E-state index contributed by atoms with van der Waals surface area (Å²) in [5, 5.41) is 15.0. The molecule has 0 fully saturated rings. The van der Waals surface area contributed by atoms with Crippen molar-refractivity contribution in [2.24, 2.45) is 0 Å². The van der Waals surface area contributed by atoms with Gasteiger partial charge in [0.05, 0.1) is 23.5 Å². The number of aryl methyl sites for hydroxylation is 1. The highest BCUT2D eigenvalue weighted by molar-refractivity contribution is 7.71. The van der Waals surface area contributed by atoms with Gasteiger partial charge in [-0.2, -0.15) is 10.2 Å². The Morgan fingerprint density at radius 2 is 1.84 bits per heavy atom. The van der Waals surface area contributed by atoms with E-state index in [9.17, 15) is 8.78 Å². The number of anilines is 1. The number of nitrogens with zero attached hydrogens (tertiary/aromatic N) is 4. The fraction of sp³-hybridized carbons (Fsp3) is 0.227. The summed E-state index contributed by atoms with van der Waals surface area (Å²) >= 11 is 5.48. The largest absolute Gasteiger partial charge is 0.363 e. The van der Waals surface area contributed by atoms with Gasteiger partial charge < -0.3 is 5.32 Å². The number of nitrogens with one attached hydrogen (secondary N) is 2. The SMILES string of the molecule is Cc1ccccc1-n1c(-c2cnn3c2NC(c2ccccc2)CC3C(F)F)n[nH]c1=S. The third-order valence-corrected chi connectivity index (χ3v) is 5.93. The van der Waals surface area contributed by atoms with Gasteiger partial charge in [-0.3, -0.25) is 9.67 Å². The van der Waals surface area contributed by atoms with Crippen LogP contribution in [0.5, 0.6) is 0 Å². The van der Waals surface area contributed by atoms with Gasteiger partial charge in [0.1, 0.15) is 11.9 Å². The van der Waals surface area contributed by atoms with Gasteiger partial charge >= 0.3 is 0 Å². The number of benzene rings is 2. The maximum atomic E-state index is 14.0. The molecular weight excluding hydrogens is 418 g/mol. The van der Waals surface area contributed by atoms with Crippen molar-refractivity contribution < 1.29 is 8.78 Å². The molecule has 0 aliphatic carbocycles. The molecule has 2 aromatic heterocycles. The van der Waals surface area contributed by atoms with Gasteiger partial charge in [0.15, 0.2) is 10.6 Å². The summed E-state index contributed by atoms with van der Waals surface area (Å²) in [5.41, 5.74) is 3.45. The number of hydrogen-bond acceptors (Lipinski definition) is 4. The highest BCUT2D eigenvalue weighted by Gasteiger charge is 2.36. The van der Waals surface area contributed by atoms with Crippen LogP contribution in [0.15, 0.2) is 60.8 Å². The topological polar surface area (TPSA) is 63.5 Å². The molecule has 1 aliphatic heterocycles. The number of rotatable bonds is 4. The number of H-pyrrole nitrogens is 1. The minimum Gasteiger partial charge on any atom is -0.363 e. The quantitative estimate of drug-likeness (QED) is 0.415. The first-order chi connectivity index (χ1) is 15.0. The second-order valence-corrected chi connectivity index (χ2v) is 7.96. The average molecular weight is 439 g/mol. The summed E-state index contributed by atoms with van der Waals surface area (Å²) in [4.78, 5) is 0. The molecule has 0 saturated heterocycles. The molecule has 2 aromatic carbocycles. The zero-order valence-electron chi connectivity index (χ0n) is 16.7. The van der Waals surface area contributed by atoms with Gasteiger partial charge in [-0.25, -0.2) is 13.5 Å². The number of halogens is 2. The average Bonchev–Trinajstić information content (AvgIpc) is 3.37. The lowest BCUT2D eigenvalue weighted by molar-refractivity contribution is 0.0659. The fourth-order valence-electron chi connectivity index (χ4n) is 4.12. The molecule has 2 unspecified atom stereocenters. The number of alkyl halides is 2. The van der Waals surface area contributed by atoms with Crippen molar-refractivity contribution in [3.63, 3.8) is 0 Å². The van der Waals surface area contributed by atoms with E-state index >= 15 is 0 Å². The summed E-state index contributed by atoms with van der Waals surface area (Å²) in [7, 11) is 0. The summed E-state index contributed by atoms with van der Waals surface area (Å²) in [5.74, 6) is 1.03. The molecule has 158 valence electrons. The minimum atomic E-state index is -2.54. The first-order valence-corrected chi connectivity index (χ1v) is 10.4. The molecule has 0 saturated carbocycles. The Bertz CT molecular complexity index is 1280. The molecule has 0 radical (unpaired) electrons. The molecular formula is C22H20F2N6S. The number of fused-ring (bicyclic) bond motifs is 1. The minimum absolute atomic E-state index is 0.237. The Hall–Kier alpha value is -3.33. The molecule has 5 rings (SSSR count). The second-order valence-electron chi connectivity index (χ2n) is 7.57. The van der Waals surface area contributed by atoms with Gasteiger partial charge in [0.2, 0.25) is 0 Å². The molecule has 1 aliphatic rings. The van der Waals surface area contributed by atoms with Gasteiger partial charge in [-0.05, 0) is 42.8 Å². The predicted molar refractivity (Wildman–Crippen MR) is 117 cm³/mol. The van der Waals surface area contributed by atoms with E-state index in [1.807, 2.05) is 66.1 Å². The molecule has 0 bridgehead atoms. The van der Waals surface area contributed by atoms with Crippen molar-refractivity contribution in [2.75, 3.05) is 5.32 Å². The molecule has 2 N–H and O–H groups in total. The van der Waals surface area contributed by atoms with E-state index in [2.05, 4.69) is 20.6 Å². The smallest absolute Gasteiger partial charge is 0.260 e. The molecule has 6 nitrogen and oxygen atoms in total. The molecule has 9 heteroatoms. The second kappa shape index (κ2) is 7.73. The van der Waals surface area contributed by atoms with E-state index in [1.165, 1.54) is 4.68 Å². The van der Waals surface area contributed by atoms with Crippen LogP contribution >= 0.6 is 12.2 Å². The summed E-state index contributed by atoms with van der Waals surface area (Å²) in [6.07, 6.45) is -0.734. The van der Waals surface area contributed by atoms with E-state index < -0.39 is 12.5 Å². The molecule has 2 atom stereocenters. The van der Waals surface area contributed by atoms with E-state index in [4.69, 9.17) is 12.2 Å². The third kappa shape index (κ3) is 3.34. The number of hydrogen-bond donors (Lipinski definition) is 2. The van der Waals surface area contributed by atoms with Crippen LogP contribution < -0.4 is 5.32 Å². The van der Waals surface area contributed by atoms with E-state index in [-0.39, 0.29) is 12.5 Å². The Labute approximate surface area is 182 Å². The zero-order valence-corrected chi connectivity index (χ0v) is 17.5. The van der Waals surface area contributed by atoms with Gasteiger partial charge in [-0.15, -0.1) is 0 Å². The summed E-state index contributed by atoms with van der Waals surface area (Å²) in [6, 6.07) is 16.1. The first kappa shape index (κ1) is 19.6. The summed E-state index contributed by atoms with van der Waals surface area (Å²) < 4.78 is 31.5. The van der Waals surface area contributed by atoms with Gasteiger partial charge in [0.25, 0.3) is 6.43 Å². The van der Waals surface area contributed by atoms with Crippen LogP contribution in [-0.4, -0.2) is 31.0 Å². The summed E-state index contributed by atoms with van der Waals surface area (Å²) in [6.45, 7) is 1.98. The number of para-hydroxylation sites is 1. The van der Waals surface area contributed by atoms with Crippen LogP contribution in [0.3, 0.4) is 0 Å². The molecule has 0 spiro atoms. The first-order valence-electron chi connectivity index (χ1n) is 9.95. The standard InChI is InChI=1S/C22H20F2N6S/c1-13-7-5-6-10-17(13)29-21(27-28-22(29)31)15-12-25-30-18(19(23)24)11-16(26-20(15)30)14-8-3-2-4-9-14/h2-10,12,16,18-19,26H,11H2,1H3,(H,28,31). The highest BCUT2D eigenvalue weighted by atomic mass is 32.1.